The van der Waals surface area contributed by atoms with Crippen LogP contribution in [0.5, 0.6) is 0 Å². The van der Waals surface area contributed by atoms with Crippen molar-refractivity contribution >= 4 is 28.9 Å². The zero-order valence-electron chi connectivity index (χ0n) is 10.4. The molecular formula is C12H15ClO4S. The summed E-state index contributed by atoms with van der Waals surface area (Å²) in [4.78, 5) is 12.7. The van der Waals surface area contributed by atoms with E-state index in [1.807, 2.05) is 6.07 Å². The molecule has 2 unspecified atom stereocenters. The Morgan fingerprint density at radius 2 is 2.22 bits per heavy atom. The Bertz CT molecular complexity index is 443. The SMILES string of the molecule is CCOC(=O)C1OC(C)(C)OC1c1ccc(Cl)s1. The van der Waals surface area contributed by atoms with Crippen LogP contribution in [0.3, 0.4) is 0 Å². The number of thiophene rings is 1. The molecule has 6 heteroatoms. The van der Waals surface area contributed by atoms with Gasteiger partial charge < -0.3 is 14.2 Å². The van der Waals surface area contributed by atoms with Crippen LogP contribution in [-0.2, 0) is 19.0 Å². The first-order chi connectivity index (χ1) is 8.43. The minimum absolute atomic E-state index is 0.317. The van der Waals surface area contributed by atoms with Crippen LogP contribution in [0, 0.1) is 0 Å². The Balaban J connectivity index is 2.23. The van der Waals surface area contributed by atoms with E-state index in [-0.39, 0.29) is 0 Å². The molecule has 1 fully saturated rings. The van der Waals surface area contributed by atoms with E-state index in [2.05, 4.69) is 0 Å². The second-order valence-corrected chi connectivity index (χ2v) is 6.12. The first-order valence-corrected chi connectivity index (χ1v) is 6.90. The predicted octanol–water partition coefficient (Wildman–Crippen LogP) is 3.16. The molecule has 2 rings (SSSR count). The highest BCUT2D eigenvalue weighted by Crippen LogP contribution is 2.41. The zero-order chi connectivity index (χ0) is 13.3. The minimum Gasteiger partial charge on any atom is -0.464 e. The summed E-state index contributed by atoms with van der Waals surface area (Å²) >= 11 is 7.28. The Morgan fingerprint density at radius 3 is 2.78 bits per heavy atom. The first kappa shape index (κ1) is 13.8. The minimum atomic E-state index is -0.807. The largest absolute Gasteiger partial charge is 0.464 e. The molecule has 0 radical (unpaired) electrons. The fraction of sp³-hybridized carbons (Fsp3) is 0.583. The highest BCUT2D eigenvalue weighted by Gasteiger charge is 2.47. The number of halogens is 1. The third kappa shape index (κ3) is 2.85. The van der Waals surface area contributed by atoms with Crippen molar-refractivity contribution in [2.24, 2.45) is 0 Å². The molecule has 18 heavy (non-hydrogen) atoms. The molecule has 100 valence electrons. The Morgan fingerprint density at radius 1 is 1.50 bits per heavy atom. The van der Waals surface area contributed by atoms with Gasteiger partial charge in [-0.25, -0.2) is 4.79 Å². The molecule has 0 N–H and O–H groups in total. The topological polar surface area (TPSA) is 44.8 Å². The summed E-state index contributed by atoms with van der Waals surface area (Å²) in [6.07, 6.45) is -1.20. The van der Waals surface area contributed by atoms with Crippen LogP contribution in [-0.4, -0.2) is 24.5 Å². The Kier molecular flexibility index (Phi) is 3.96. The standard InChI is InChI=1S/C12H15ClO4S/c1-4-15-11(14)10-9(16-12(2,3)17-10)7-5-6-8(13)18-7/h5-6,9-10H,4H2,1-3H3. The van der Waals surface area contributed by atoms with Gasteiger partial charge in [0.15, 0.2) is 11.9 Å². The van der Waals surface area contributed by atoms with Gasteiger partial charge in [-0.05, 0) is 32.9 Å². The summed E-state index contributed by atoms with van der Waals surface area (Å²) < 4.78 is 17.0. The molecule has 0 bridgehead atoms. The van der Waals surface area contributed by atoms with Gasteiger partial charge in [0.2, 0.25) is 0 Å². The number of rotatable bonds is 3. The maximum absolute atomic E-state index is 11.9. The van der Waals surface area contributed by atoms with E-state index >= 15 is 0 Å². The van der Waals surface area contributed by atoms with Crippen molar-refractivity contribution in [2.45, 2.75) is 38.8 Å². The van der Waals surface area contributed by atoms with Gasteiger partial charge in [-0.3, -0.25) is 0 Å². The molecule has 0 aliphatic carbocycles. The van der Waals surface area contributed by atoms with Crippen molar-refractivity contribution in [2.75, 3.05) is 6.61 Å². The fourth-order valence-corrected chi connectivity index (χ4v) is 2.96. The van der Waals surface area contributed by atoms with Gasteiger partial charge in [-0.1, -0.05) is 11.6 Å². The van der Waals surface area contributed by atoms with Gasteiger partial charge in [0, 0.05) is 4.88 Å². The number of hydrogen-bond acceptors (Lipinski definition) is 5. The maximum atomic E-state index is 11.9. The summed E-state index contributed by atoms with van der Waals surface area (Å²) in [7, 11) is 0. The van der Waals surface area contributed by atoms with Crippen molar-refractivity contribution in [3.05, 3.63) is 21.3 Å². The van der Waals surface area contributed by atoms with E-state index in [0.717, 1.165) is 4.88 Å². The number of hydrogen-bond donors (Lipinski definition) is 0. The Labute approximate surface area is 115 Å². The van der Waals surface area contributed by atoms with Crippen molar-refractivity contribution in [3.63, 3.8) is 0 Å². The smallest absolute Gasteiger partial charge is 0.338 e. The van der Waals surface area contributed by atoms with E-state index in [1.54, 1.807) is 26.8 Å². The molecule has 0 saturated carbocycles. The van der Waals surface area contributed by atoms with Crippen molar-refractivity contribution in [3.8, 4) is 0 Å². The van der Waals surface area contributed by atoms with Crippen molar-refractivity contribution < 1.29 is 19.0 Å². The lowest BCUT2D eigenvalue weighted by molar-refractivity contribution is -0.170. The summed E-state index contributed by atoms with van der Waals surface area (Å²) in [6.45, 7) is 5.62. The molecule has 0 aromatic carbocycles. The van der Waals surface area contributed by atoms with Crippen LogP contribution in [0.4, 0.5) is 0 Å². The van der Waals surface area contributed by atoms with Crippen LogP contribution < -0.4 is 0 Å². The van der Waals surface area contributed by atoms with Crippen LogP contribution in [0.25, 0.3) is 0 Å². The van der Waals surface area contributed by atoms with Gasteiger partial charge in [-0.15, -0.1) is 11.3 Å². The highest BCUT2D eigenvalue weighted by molar-refractivity contribution is 7.16. The van der Waals surface area contributed by atoms with E-state index in [9.17, 15) is 4.79 Å². The third-order valence-corrected chi connectivity index (χ3v) is 3.78. The summed E-state index contributed by atoms with van der Waals surface area (Å²) in [6, 6.07) is 3.62. The maximum Gasteiger partial charge on any atom is 0.338 e. The second kappa shape index (κ2) is 5.17. The summed E-state index contributed by atoms with van der Waals surface area (Å²) in [5.41, 5.74) is 0. The fourth-order valence-electron chi connectivity index (χ4n) is 1.85. The van der Waals surface area contributed by atoms with Crippen LogP contribution in [0.15, 0.2) is 12.1 Å². The molecule has 1 aromatic rings. The van der Waals surface area contributed by atoms with Crippen LogP contribution in [0.1, 0.15) is 31.8 Å². The van der Waals surface area contributed by atoms with E-state index in [4.69, 9.17) is 25.8 Å². The lowest BCUT2D eigenvalue weighted by Gasteiger charge is -2.16. The third-order valence-electron chi connectivity index (χ3n) is 2.49. The number of esters is 1. The molecule has 1 aliphatic heterocycles. The molecule has 0 amide bonds. The Hall–Kier alpha value is -0.620. The van der Waals surface area contributed by atoms with Crippen molar-refractivity contribution in [1.82, 2.24) is 0 Å². The van der Waals surface area contributed by atoms with Gasteiger partial charge >= 0.3 is 5.97 Å². The van der Waals surface area contributed by atoms with E-state index < -0.39 is 24.0 Å². The average Bonchev–Trinajstić information content (AvgIpc) is 2.82. The highest BCUT2D eigenvalue weighted by atomic mass is 35.5. The van der Waals surface area contributed by atoms with E-state index in [1.165, 1.54) is 11.3 Å². The zero-order valence-corrected chi connectivity index (χ0v) is 12.0. The van der Waals surface area contributed by atoms with Gasteiger partial charge in [0.1, 0.15) is 6.10 Å². The van der Waals surface area contributed by atoms with Crippen LogP contribution in [0.2, 0.25) is 4.34 Å². The molecule has 4 nitrogen and oxygen atoms in total. The molecule has 2 heterocycles. The van der Waals surface area contributed by atoms with Crippen LogP contribution >= 0.6 is 22.9 Å². The van der Waals surface area contributed by atoms with E-state index in [0.29, 0.717) is 10.9 Å². The monoisotopic (exact) mass is 290 g/mol. The van der Waals surface area contributed by atoms with Crippen molar-refractivity contribution in [1.29, 1.82) is 0 Å². The quantitative estimate of drug-likeness (QED) is 0.802. The molecule has 1 aliphatic rings. The first-order valence-electron chi connectivity index (χ1n) is 5.70. The number of carbonyl (C=O) groups is 1. The summed E-state index contributed by atoms with van der Waals surface area (Å²) in [5, 5.41) is 0. The summed E-state index contributed by atoms with van der Waals surface area (Å²) in [5.74, 6) is -1.21. The molecule has 1 saturated heterocycles. The normalized spacial score (nSPS) is 26.2. The number of carbonyl (C=O) groups excluding carboxylic acids is 1. The van der Waals surface area contributed by atoms with Gasteiger partial charge in [0.25, 0.3) is 0 Å². The molecule has 0 spiro atoms. The molecular weight excluding hydrogens is 276 g/mol. The average molecular weight is 291 g/mol. The van der Waals surface area contributed by atoms with Gasteiger partial charge in [-0.2, -0.15) is 0 Å². The van der Waals surface area contributed by atoms with Gasteiger partial charge in [0.05, 0.1) is 10.9 Å². The lowest BCUT2D eigenvalue weighted by Crippen LogP contribution is -2.29. The molecule has 2 atom stereocenters. The number of ether oxygens (including phenoxy) is 3. The molecule has 1 aromatic heterocycles. The second-order valence-electron chi connectivity index (χ2n) is 4.37. The lowest BCUT2D eigenvalue weighted by atomic mass is 10.2. The predicted molar refractivity (Wildman–Crippen MR) is 68.7 cm³/mol.